The summed E-state index contributed by atoms with van der Waals surface area (Å²) < 4.78 is 0. The molecule has 4 heterocycles. The number of aryl methyl sites for hydroxylation is 1. The Kier molecular flexibility index (Phi) is 6.74. The van der Waals surface area contributed by atoms with Crippen LogP contribution in [0.25, 0.3) is 0 Å². The van der Waals surface area contributed by atoms with Crippen molar-refractivity contribution in [3.05, 3.63) is 77.7 Å². The molecule has 1 saturated heterocycles. The SMILES string of the molecule is Cc1ncc(C(=O)NCc2ccncn2)c(C2CCN(C(=O)Cc3cccnc3)CC2)n1. The molecule has 0 aromatic carbocycles. The Morgan fingerprint density at radius 2 is 1.94 bits per heavy atom. The van der Waals surface area contributed by atoms with Gasteiger partial charge in [-0.25, -0.2) is 19.9 Å². The van der Waals surface area contributed by atoms with Gasteiger partial charge >= 0.3 is 0 Å². The van der Waals surface area contributed by atoms with E-state index in [4.69, 9.17) is 0 Å². The van der Waals surface area contributed by atoms with Gasteiger partial charge in [-0.15, -0.1) is 0 Å². The number of rotatable bonds is 6. The fraction of sp³-hybridized carbons (Fsp3) is 0.348. The number of hydrogen-bond acceptors (Lipinski definition) is 7. The van der Waals surface area contributed by atoms with E-state index in [0.29, 0.717) is 37.4 Å². The first-order valence-corrected chi connectivity index (χ1v) is 10.6. The lowest BCUT2D eigenvalue weighted by atomic mass is 9.90. The summed E-state index contributed by atoms with van der Waals surface area (Å²) in [5.41, 5.74) is 2.86. The van der Waals surface area contributed by atoms with Gasteiger partial charge in [-0.3, -0.25) is 14.6 Å². The van der Waals surface area contributed by atoms with Crippen LogP contribution in [0.5, 0.6) is 0 Å². The molecule has 0 atom stereocenters. The Balaban J connectivity index is 1.40. The summed E-state index contributed by atoms with van der Waals surface area (Å²) in [5.74, 6) is 0.591. The minimum atomic E-state index is -0.228. The number of aromatic nitrogens is 5. The lowest BCUT2D eigenvalue weighted by Gasteiger charge is -2.32. The molecule has 2 amide bonds. The second-order valence-electron chi connectivity index (χ2n) is 7.79. The van der Waals surface area contributed by atoms with Gasteiger partial charge in [0.15, 0.2) is 0 Å². The van der Waals surface area contributed by atoms with E-state index in [9.17, 15) is 9.59 Å². The zero-order chi connectivity index (χ0) is 22.3. The van der Waals surface area contributed by atoms with E-state index in [-0.39, 0.29) is 17.7 Å². The smallest absolute Gasteiger partial charge is 0.255 e. The number of likely N-dealkylation sites (tertiary alicyclic amines) is 1. The maximum absolute atomic E-state index is 12.9. The van der Waals surface area contributed by atoms with Crippen LogP contribution in [-0.4, -0.2) is 54.7 Å². The molecule has 0 aliphatic carbocycles. The number of piperidine rings is 1. The standard InChI is InChI=1S/C23H25N7O2/c1-16-26-14-20(23(32)27-13-19-4-8-25-15-28-19)22(29-16)18-5-9-30(10-6-18)21(31)11-17-3-2-7-24-12-17/h2-4,7-8,12,14-15,18H,5-6,9-11,13H2,1H3,(H,27,32). The quantitative estimate of drug-likeness (QED) is 0.633. The van der Waals surface area contributed by atoms with Crippen molar-refractivity contribution >= 4 is 11.8 Å². The Bertz CT molecular complexity index is 1070. The second kappa shape index (κ2) is 10.0. The van der Waals surface area contributed by atoms with Crippen molar-refractivity contribution in [1.29, 1.82) is 0 Å². The van der Waals surface area contributed by atoms with Crippen LogP contribution in [-0.2, 0) is 17.8 Å². The van der Waals surface area contributed by atoms with Crippen LogP contribution >= 0.6 is 0 Å². The summed E-state index contributed by atoms with van der Waals surface area (Å²) in [5, 5.41) is 2.89. The first-order chi connectivity index (χ1) is 15.6. The zero-order valence-corrected chi connectivity index (χ0v) is 17.9. The fourth-order valence-corrected chi connectivity index (χ4v) is 3.85. The van der Waals surface area contributed by atoms with Gasteiger partial charge < -0.3 is 10.2 Å². The highest BCUT2D eigenvalue weighted by Gasteiger charge is 2.28. The van der Waals surface area contributed by atoms with E-state index >= 15 is 0 Å². The Hall–Kier alpha value is -3.75. The van der Waals surface area contributed by atoms with E-state index in [2.05, 4.69) is 30.2 Å². The van der Waals surface area contributed by atoms with Crippen LogP contribution in [0.4, 0.5) is 0 Å². The summed E-state index contributed by atoms with van der Waals surface area (Å²) >= 11 is 0. The molecule has 0 spiro atoms. The Morgan fingerprint density at radius 1 is 1.09 bits per heavy atom. The van der Waals surface area contributed by atoms with E-state index in [1.54, 1.807) is 30.9 Å². The largest absolute Gasteiger partial charge is 0.346 e. The van der Waals surface area contributed by atoms with Crippen molar-refractivity contribution in [3.63, 3.8) is 0 Å². The number of amides is 2. The van der Waals surface area contributed by atoms with Crippen LogP contribution in [0, 0.1) is 6.92 Å². The maximum atomic E-state index is 12.9. The van der Waals surface area contributed by atoms with Crippen LogP contribution in [0.2, 0.25) is 0 Å². The van der Waals surface area contributed by atoms with E-state index in [0.717, 1.165) is 29.8 Å². The highest BCUT2D eigenvalue weighted by atomic mass is 16.2. The van der Waals surface area contributed by atoms with Gasteiger partial charge in [-0.2, -0.15) is 0 Å². The van der Waals surface area contributed by atoms with Crippen molar-refractivity contribution in [1.82, 2.24) is 35.1 Å². The first-order valence-electron chi connectivity index (χ1n) is 10.6. The van der Waals surface area contributed by atoms with Gasteiger partial charge in [0, 0.05) is 43.8 Å². The monoisotopic (exact) mass is 431 g/mol. The number of hydrogen-bond donors (Lipinski definition) is 1. The molecule has 32 heavy (non-hydrogen) atoms. The average Bonchev–Trinajstić information content (AvgIpc) is 2.84. The second-order valence-corrected chi connectivity index (χ2v) is 7.79. The molecule has 0 radical (unpaired) electrons. The Labute approximate surface area is 186 Å². The van der Waals surface area contributed by atoms with Crippen molar-refractivity contribution in [2.75, 3.05) is 13.1 Å². The van der Waals surface area contributed by atoms with E-state index < -0.39 is 0 Å². The van der Waals surface area contributed by atoms with Crippen LogP contribution in [0.3, 0.4) is 0 Å². The van der Waals surface area contributed by atoms with Gasteiger partial charge in [0.2, 0.25) is 5.91 Å². The molecule has 4 rings (SSSR count). The summed E-state index contributed by atoms with van der Waals surface area (Å²) in [6.45, 7) is 3.39. The molecular weight excluding hydrogens is 406 g/mol. The van der Waals surface area contributed by atoms with Gasteiger partial charge in [-0.05, 0) is 37.5 Å². The van der Waals surface area contributed by atoms with Gasteiger partial charge in [0.25, 0.3) is 5.91 Å². The molecule has 0 unspecified atom stereocenters. The summed E-state index contributed by atoms with van der Waals surface area (Å²) in [6, 6.07) is 5.50. The van der Waals surface area contributed by atoms with E-state index in [1.807, 2.05) is 24.0 Å². The molecule has 9 heteroatoms. The average molecular weight is 432 g/mol. The first kappa shape index (κ1) is 21.5. The lowest BCUT2D eigenvalue weighted by Crippen LogP contribution is -2.39. The third-order valence-electron chi connectivity index (χ3n) is 5.57. The van der Waals surface area contributed by atoms with Crippen molar-refractivity contribution < 1.29 is 9.59 Å². The number of carbonyl (C=O) groups excluding carboxylic acids is 2. The summed E-state index contributed by atoms with van der Waals surface area (Å²) in [7, 11) is 0. The van der Waals surface area contributed by atoms with Gasteiger partial charge in [-0.1, -0.05) is 6.07 Å². The minimum absolute atomic E-state index is 0.0955. The molecule has 1 fully saturated rings. The van der Waals surface area contributed by atoms with E-state index in [1.165, 1.54) is 6.33 Å². The topological polar surface area (TPSA) is 114 Å². The summed E-state index contributed by atoms with van der Waals surface area (Å²) in [4.78, 5) is 48.3. The highest BCUT2D eigenvalue weighted by molar-refractivity contribution is 5.95. The van der Waals surface area contributed by atoms with Crippen molar-refractivity contribution in [2.45, 2.75) is 38.6 Å². The van der Waals surface area contributed by atoms with Crippen LogP contribution in [0.15, 0.2) is 49.3 Å². The third kappa shape index (κ3) is 5.29. The Morgan fingerprint density at radius 3 is 2.66 bits per heavy atom. The number of pyridine rings is 1. The van der Waals surface area contributed by atoms with Crippen molar-refractivity contribution in [2.24, 2.45) is 0 Å². The van der Waals surface area contributed by atoms with Gasteiger partial charge in [0.1, 0.15) is 12.2 Å². The summed E-state index contributed by atoms with van der Waals surface area (Å²) in [6.07, 6.45) is 9.95. The normalized spacial score (nSPS) is 14.2. The number of carbonyl (C=O) groups is 2. The minimum Gasteiger partial charge on any atom is -0.346 e. The number of nitrogens with one attached hydrogen (secondary N) is 1. The fourth-order valence-electron chi connectivity index (χ4n) is 3.85. The predicted molar refractivity (Wildman–Crippen MR) is 116 cm³/mol. The molecule has 9 nitrogen and oxygen atoms in total. The maximum Gasteiger partial charge on any atom is 0.255 e. The number of nitrogens with zero attached hydrogens (tertiary/aromatic N) is 6. The molecule has 1 N–H and O–H groups in total. The highest BCUT2D eigenvalue weighted by Crippen LogP contribution is 2.29. The third-order valence-corrected chi connectivity index (χ3v) is 5.57. The van der Waals surface area contributed by atoms with Crippen LogP contribution in [0.1, 0.15) is 51.9 Å². The molecule has 0 saturated carbocycles. The molecule has 3 aromatic heterocycles. The molecule has 1 aliphatic heterocycles. The molecule has 3 aromatic rings. The molecular formula is C23H25N7O2. The zero-order valence-electron chi connectivity index (χ0n) is 17.9. The molecule has 1 aliphatic rings. The molecule has 164 valence electrons. The van der Waals surface area contributed by atoms with Crippen molar-refractivity contribution in [3.8, 4) is 0 Å². The van der Waals surface area contributed by atoms with Gasteiger partial charge in [0.05, 0.1) is 29.9 Å². The lowest BCUT2D eigenvalue weighted by molar-refractivity contribution is -0.131. The molecule has 0 bridgehead atoms. The predicted octanol–water partition coefficient (Wildman–Crippen LogP) is 1.85. The van der Waals surface area contributed by atoms with Crippen LogP contribution < -0.4 is 5.32 Å².